The van der Waals surface area contributed by atoms with Crippen molar-refractivity contribution in [1.29, 1.82) is 0 Å². The first kappa shape index (κ1) is 10.4. The number of carbonyl (C=O) groups excluding carboxylic acids is 1. The van der Waals surface area contributed by atoms with E-state index in [4.69, 9.17) is 14.2 Å². The lowest BCUT2D eigenvalue weighted by Gasteiger charge is -2.13. The summed E-state index contributed by atoms with van der Waals surface area (Å²) in [5, 5.41) is 0. The maximum absolute atomic E-state index is 11.2. The Labute approximate surface area is 76.9 Å². The maximum atomic E-state index is 11.2. The van der Waals surface area contributed by atoms with Gasteiger partial charge in [-0.2, -0.15) is 0 Å². The molecule has 0 aromatic carbocycles. The van der Waals surface area contributed by atoms with Crippen molar-refractivity contribution >= 4 is 5.97 Å². The molecule has 13 heavy (non-hydrogen) atoms. The Hall–Kier alpha value is -0.650. The largest absolute Gasteiger partial charge is 0.469 e. The molecular formula is C8H14O5. The molecule has 0 unspecified atom stereocenters. The van der Waals surface area contributed by atoms with Gasteiger partial charge >= 0.3 is 5.97 Å². The van der Waals surface area contributed by atoms with Crippen molar-refractivity contribution in [2.45, 2.75) is 19.0 Å². The summed E-state index contributed by atoms with van der Waals surface area (Å²) in [6.07, 6.45) is -0.465. The monoisotopic (exact) mass is 190 g/mol. The topological polar surface area (TPSA) is 54.0 Å². The van der Waals surface area contributed by atoms with Crippen molar-refractivity contribution in [1.82, 2.24) is 0 Å². The van der Waals surface area contributed by atoms with Gasteiger partial charge in [-0.3, -0.25) is 4.79 Å². The van der Waals surface area contributed by atoms with Crippen molar-refractivity contribution in [3.63, 3.8) is 0 Å². The van der Waals surface area contributed by atoms with Crippen LogP contribution in [-0.2, 0) is 23.7 Å². The van der Waals surface area contributed by atoms with Crippen LogP contribution in [0.15, 0.2) is 0 Å². The van der Waals surface area contributed by atoms with Gasteiger partial charge in [-0.15, -0.1) is 0 Å². The van der Waals surface area contributed by atoms with Crippen molar-refractivity contribution in [2.75, 3.05) is 21.3 Å². The number of rotatable bonds is 3. The minimum atomic E-state index is -0.558. The van der Waals surface area contributed by atoms with Crippen LogP contribution in [0.1, 0.15) is 6.42 Å². The van der Waals surface area contributed by atoms with Gasteiger partial charge in [-0.25, -0.2) is 0 Å². The zero-order valence-corrected chi connectivity index (χ0v) is 7.98. The summed E-state index contributed by atoms with van der Waals surface area (Å²) in [5.41, 5.74) is 0. The number of hydrogen-bond acceptors (Lipinski definition) is 5. The molecule has 1 fully saturated rings. The van der Waals surface area contributed by atoms with Gasteiger partial charge in [-0.1, -0.05) is 0 Å². The number of methoxy groups -OCH3 is 3. The van der Waals surface area contributed by atoms with Crippen LogP contribution in [0.25, 0.3) is 0 Å². The van der Waals surface area contributed by atoms with Crippen LogP contribution in [0.4, 0.5) is 0 Å². The summed E-state index contributed by atoms with van der Waals surface area (Å²) in [4.78, 5) is 11.2. The smallest absolute Gasteiger partial charge is 0.314 e. The predicted octanol–water partition coefficient (Wildman–Crippen LogP) is 0.141. The lowest BCUT2D eigenvalue weighted by atomic mass is 10.1. The zero-order valence-electron chi connectivity index (χ0n) is 7.98. The minimum Gasteiger partial charge on any atom is -0.469 e. The van der Waals surface area contributed by atoms with Crippen LogP contribution in [0, 0.1) is 5.92 Å². The van der Waals surface area contributed by atoms with E-state index in [2.05, 4.69) is 4.74 Å². The average molecular weight is 190 g/mol. The molecule has 1 rings (SSSR count). The Bertz CT molecular complexity index is 181. The molecule has 5 nitrogen and oxygen atoms in total. The maximum Gasteiger partial charge on any atom is 0.314 e. The highest BCUT2D eigenvalue weighted by Gasteiger charge is 2.40. The fourth-order valence-electron chi connectivity index (χ4n) is 1.35. The van der Waals surface area contributed by atoms with Gasteiger partial charge < -0.3 is 18.9 Å². The first-order valence-electron chi connectivity index (χ1n) is 4.01. The molecule has 0 spiro atoms. The SMILES string of the molecule is COC(=O)[C@@H]1C[C@H](OC)O[C@@H]1OC. The second kappa shape index (κ2) is 4.55. The van der Waals surface area contributed by atoms with E-state index in [0.717, 1.165) is 0 Å². The van der Waals surface area contributed by atoms with Gasteiger partial charge in [0.15, 0.2) is 12.6 Å². The van der Waals surface area contributed by atoms with Gasteiger partial charge in [0.1, 0.15) is 5.92 Å². The molecule has 0 aliphatic carbocycles. The molecular weight excluding hydrogens is 176 g/mol. The molecule has 1 aliphatic heterocycles. The van der Waals surface area contributed by atoms with Crippen molar-refractivity contribution in [2.24, 2.45) is 5.92 Å². The summed E-state index contributed by atoms with van der Waals surface area (Å²) in [5.74, 6) is -0.716. The predicted molar refractivity (Wildman–Crippen MR) is 42.8 cm³/mol. The third kappa shape index (κ3) is 2.18. The standard InChI is InChI=1S/C8H14O5/c1-10-6-4-5(7(9)11-2)8(12-3)13-6/h5-6,8H,4H2,1-3H3/t5-,6+,8-/m0/s1. The summed E-state index contributed by atoms with van der Waals surface area (Å²) in [6.45, 7) is 0. The highest BCUT2D eigenvalue weighted by atomic mass is 16.8. The third-order valence-corrected chi connectivity index (χ3v) is 2.06. The van der Waals surface area contributed by atoms with E-state index >= 15 is 0 Å². The Morgan fingerprint density at radius 1 is 1.31 bits per heavy atom. The third-order valence-electron chi connectivity index (χ3n) is 2.06. The first-order chi connectivity index (χ1) is 6.22. The highest BCUT2D eigenvalue weighted by Crippen LogP contribution is 2.28. The molecule has 0 bridgehead atoms. The van der Waals surface area contributed by atoms with Gasteiger partial charge in [0.05, 0.1) is 7.11 Å². The molecule has 0 aromatic heterocycles. The lowest BCUT2D eigenvalue weighted by molar-refractivity contribution is -0.197. The molecule has 76 valence electrons. The van der Waals surface area contributed by atoms with Crippen LogP contribution >= 0.6 is 0 Å². The normalized spacial score (nSPS) is 33.3. The number of ether oxygens (including phenoxy) is 4. The van der Waals surface area contributed by atoms with E-state index < -0.39 is 6.29 Å². The summed E-state index contributed by atoms with van der Waals surface area (Å²) >= 11 is 0. The fourth-order valence-corrected chi connectivity index (χ4v) is 1.35. The van der Waals surface area contributed by atoms with Crippen LogP contribution in [-0.4, -0.2) is 39.9 Å². The quantitative estimate of drug-likeness (QED) is 0.592. The van der Waals surface area contributed by atoms with E-state index in [1.54, 1.807) is 0 Å². The van der Waals surface area contributed by atoms with Crippen LogP contribution < -0.4 is 0 Å². The van der Waals surface area contributed by atoms with E-state index in [1.165, 1.54) is 21.3 Å². The van der Waals surface area contributed by atoms with Crippen molar-refractivity contribution in [3.05, 3.63) is 0 Å². The summed E-state index contributed by atoms with van der Waals surface area (Å²) in [6, 6.07) is 0. The van der Waals surface area contributed by atoms with Crippen LogP contribution in [0.2, 0.25) is 0 Å². The van der Waals surface area contributed by atoms with E-state index in [0.29, 0.717) is 6.42 Å². The zero-order chi connectivity index (χ0) is 9.84. The van der Waals surface area contributed by atoms with Crippen molar-refractivity contribution in [3.8, 4) is 0 Å². The summed E-state index contributed by atoms with van der Waals surface area (Å²) in [7, 11) is 4.35. The fraction of sp³-hybridized carbons (Fsp3) is 0.875. The van der Waals surface area contributed by atoms with E-state index in [1.807, 2.05) is 0 Å². The molecule has 0 aromatic rings. The lowest BCUT2D eigenvalue weighted by Crippen LogP contribution is -2.26. The Balaban J connectivity index is 2.57. The molecule has 0 saturated carbocycles. The Kier molecular flexibility index (Phi) is 3.65. The van der Waals surface area contributed by atoms with Crippen LogP contribution in [0.5, 0.6) is 0 Å². The first-order valence-corrected chi connectivity index (χ1v) is 4.01. The van der Waals surface area contributed by atoms with Gasteiger partial charge in [0.25, 0.3) is 0 Å². The van der Waals surface area contributed by atoms with Gasteiger partial charge in [0.2, 0.25) is 0 Å². The number of esters is 1. The molecule has 3 atom stereocenters. The highest BCUT2D eigenvalue weighted by molar-refractivity contribution is 5.73. The molecule has 5 heteroatoms. The van der Waals surface area contributed by atoms with E-state index in [9.17, 15) is 4.79 Å². The van der Waals surface area contributed by atoms with Crippen molar-refractivity contribution < 1.29 is 23.7 Å². The average Bonchev–Trinajstić information content (AvgIpc) is 2.59. The summed E-state index contributed by atoms with van der Waals surface area (Å²) < 4.78 is 19.8. The minimum absolute atomic E-state index is 0.327. The Morgan fingerprint density at radius 3 is 2.46 bits per heavy atom. The molecule has 1 saturated heterocycles. The molecule has 0 radical (unpaired) electrons. The van der Waals surface area contributed by atoms with Gasteiger partial charge in [-0.05, 0) is 0 Å². The second-order valence-electron chi connectivity index (χ2n) is 2.77. The molecule has 0 amide bonds. The van der Waals surface area contributed by atoms with E-state index in [-0.39, 0.29) is 18.2 Å². The number of hydrogen-bond donors (Lipinski definition) is 0. The Morgan fingerprint density at radius 2 is 2.00 bits per heavy atom. The van der Waals surface area contributed by atoms with Crippen LogP contribution in [0.3, 0.4) is 0 Å². The molecule has 1 aliphatic rings. The second-order valence-corrected chi connectivity index (χ2v) is 2.77. The molecule has 0 N–H and O–H groups in total. The van der Waals surface area contributed by atoms with Gasteiger partial charge in [0, 0.05) is 20.6 Å². The molecule has 1 heterocycles. The number of carbonyl (C=O) groups is 1.